The topological polar surface area (TPSA) is 174 Å². The highest BCUT2D eigenvalue weighted by atomic mass is 16.5. The van der Waals surface area contributed by atoms with Crippen LogP contribution in [0.15, 0.2) is 6.07 Å². The number of ketones is 3. The van der Waals surface area contributed by atoms with Crippen LogP contribution in [-0.4, -0.2) is 94.9 Å². The molecule has 11 nitrogen and oxygen atoms in total. The molecule has 1 aromatic rings. The molecule has 1 heterocycles. The van der Waals surface area contributed by atoms with Gasteiger partial charge < -0.3 is 26.1 Å². The minimum atomic E-state index is -2.51. The van der Waals surface area contributed by atoms with Crippen LogP contribution in [0.25, 0.3) is 0 Å². The number of nitrogens with zero attached hydrogens (tertiary/aromatic N) is 2. The fraction of sp³-hybridized carbons (Fsp3) is 0.593. The van der Waals surface area contributed by atoms with Crippen molar-refractivity contribution in [2.45, 2.75) is 38.0 Å². The fourth-order valence-electron chi connectivity index (χ4n) is 7.34. The summed E-state index contributed by atoms with van der Waals surface area (Å²) in [5, 5.41) is 31.2. The third kappa shape index (κ3) is 3.55. The van der Waals surface area contributed by atoms with Crippen LogP contribution < -0.4 is 10.5 Å². The van der Waals surface area contributed by atoms with Gasteiger partial charge in [0.15, 0.2) is 23.0 Å². The summed E-state index contributed by atoms with van der Waals surface area (Å²) < 4.78 is 5.74. The Morgan fingerprint density at radius 1 is 1.29 bits per heavy atom. The lowest BCUT2D eigenvalue weighted by atomic mass is 9.52. The number of amides is 1. The number of hydrogen-bond acceptors (Lipinski definition) is 10. The number of carbonyl (C=O) groups excluding carboxylic acids is 4. The number of fused-ring (bicyclic) bond motifs is 3. The van der Waals surface area contributed by atoms with Crippen LogP contribution in [0.3, 0.4) is 0 Å². The predicted octanol–water partition coefficient (Wildman–Crippen LogP) is -0.222. The predicted molar refractivity (Wildman–Crippen MR) is 135 cm³/mol. The molecule has 3 fully saturated rings. The van der Waals surface area contributed by atoms with Crippen molar-refractivity contribution in [3.63, 3.8) is 0 Å². The molecule has 0 aromatic heterocycles. The van der Waals surface area contributed by atoms with Crippen molar-refractivity contribution >= 4 is 29.0 Å². The first kappa shape index (κ1) is 26.5. The van der Waals surface area contributed by atoms with Crippen LogP contribution in [0.4, 0.5) is 0 Å². The van der Waals surface area contributed by atoms with E-state index in [0.29, 0.717) is 23.8 Å². The first-order valence-corrected chi connectivity index (χ1v) is 12.9. The third-order valence-electron chi connectivity index (χ3n) is 8.89. The molecule has 1 saturated heterocycles. The number of rotatable bonds is 5. The van der Waals surface area contributed by atoms with Gasteiger partial charge in [-0.2, -0.15) is 0 Å². The van der Waals surface area contributed by atoms with E-state index in [4.69, 9.17) is 15.9 Å². The van der Waals surface area contributed by atoms with Gasteiger partial charge in [-0.25, -0.2) is 0 Å². The van der Waals surface area contributed by atoms with Crippen LogP contribution in [-0.2, 0) is 27.3 Å². The summed E-state index contributed by atoms with van der Waals surface area (Å²) >= 11 is 0. The summed E-state index contributed by atoms with van der Waals surface area (Å²) in [6.45, 7) is 4.52. The number of aliphatic hydroxyl groups is 1. The van der Waals surface area contributed by atoms with Crippen LogP contribution in [0, 0.1) is 35.0 Å². The highest BCUT2D eigenvalue weighted by Crippen LogP contribution is 2.52. The highest BCUT2D eigenvalue weighted by molar-refractivity contribution is 6.33. The lowest BCUT2D eigenvalue weighted by molar-refractivity contribution is -0.157. The maximum atomic E-state index is 13.9. The van der Waals surface area contributed by atoms with Crippen molar-refractivity contribution in [2.75, 3.05) is 34.3 Å². The molecule has 0 bridgehead atoms. The molecule has 1 aliphatic heterocycles. The number of likely N-dealkylation sites (N-methyl/N-ethyl adjacent to an activating group) is 1. The summed E-state index contributed by atoms with van der Waals surface area (Å²) in [4.78, 5) is 56.9. The minimum Gasteiger partial charge on any atom is -0.507 e. The van der Waals surface area contributed by atoms with Crippen LogP contribution in [0.2, 0.25) is 0 Å². The smallest absolute Gasteiger partial charge is 0.233 e. The number of phenols is 1. The Morgan fingerprint density at radius 3 is 2.50 bits per heavy atom. The largest absolute Gasteiger partial charge is 0.507 e. The molecule has 11 heteroatoms. The summed E-state index contributed by atoms with van der Waals surface area (Å²) in [7, 11) is 4.69. The number of benzene rings is 1. The number of Topliss-reactive ketones (excluding diaryl/α,β-unsaturated/α-hetero) is 3. The number of aromatic hydroxyl groups is 1. The van der Waals surface area contributed by atoms with E-state index in [0.717, 1.165) is 18.7 Å². The number of phenolic OH excluding ortho intramolecular Hbond substituents is 1. The second-order valence-electron chi connectivity index (χ2n) is 11.6. The Hall–Kier alpha value is -3.15. The number of nitrogens with one attached hydrogen (secondary N) is 1. The second-order valence-corrected chi connectivity index (χ2v) is 11.6. The van der Waals surface area contributed by atoms with Crippen molar-refractivity contribution in [3.05, 3.63) is 22.8 Å². The van der Waals surface area contributed by atoms with Crippen molar-refractivity contribution in [1.29, 1.82) is 5.41 Å². The average Bonchev–Trinajstić information content (AvgIpc) is 2.80. The molecule has 6 atom stereocenters. The van der Waals surface area contributed by atoms with Gasteiger partial charge in [0.05, 0.1) is 30.3 Å². The summed E-state index contributed by atoms with van der Waals surface area (Å²) in [5.74, 6) is -7.28. The van der Waals surface area contributed by atoms with Gasteiger partial charge in [0.2, 0.25) is 5.91 Å². The molecule has 1 aromatic carbocycles. The van der Waals surface area contributed by atoms with Gasteiger partial charge in [0.25, 0.3) is 0 Å². The van der Waals surface area contributed by atoms with Gasteiger partial charge in [-0.1, -0.05) is 6.92 Å². The molecule has 0 radical (unpaired) electrons. The molecule has 5 rings (SSSR count). The van der Waals surface area contributed by atoms with Gasteiger partial charge in [0.1, 0.15) is 17.4 Å². The zero-order chi connectivity index (χ0) is 27.8. The normalized spacial score (nSPS) is 33.5. The number of carbonyl (C=O) groups is 4. The number of hydrogen-bond donors (Lipinski definition) is 4. The standard InChI is InChI=1S/C27H34N4O7/c1-11-8-31(9-11)10-13-7-16(32)18-14(23(13)38-4)5-12-6-15-20(30(2)3)22(34)19(26(29)36)24(28)27(15,37)25(35)17(12)21(18)33/h7,11-12,15,17,19-20,28,32,37H,5-6,8-10H2,1-4H3,(H2,29,36). The fourth-order valence-corrected chi connectivity index (χ4v) is 7.34. The second kappa shape index (κ2) is 8.96. The van der Waals surface area contributed by atoms with Gasteiger partial charge in [-0.15, -0.1) is 0 Å². The van der Waals surface area contributed by atoms with E-state index in [1.165, 1.54) is 18.1 Å². The summed E-state index contributed by atoms with van der Waals surface area (Å²) in [5.41, 5.74) is 3.37. The van der Waals surface area contributed by atoms with Crippen molar-refractivity contribution in [3.8, 4) is 11.5 Å². The highest BCUT2D eigenvalue weighted by Gasteiger charge is 2.67. The van der Waals surface area contributed by atoms with E-state index in [1.54, 1.807) is 14.1 Å². The Bertz CT molecular complexity index is 1270. The van der Waals surface area contributed by atoms with E-state index in [1.807, 2.05) is 0 Å². The molecule has 6 unspecified atom stereocenters. The number of ether oxygens (including phenoxy) is 1. The molecule has 5 N–H and O–H groups in total. The van der Waals surface area contributed by atoms with E-state index >= 15 is 0 Å². The lowest BCUT2D eigenvalue weighted by Gasteiger charge is -2.53. The molecule has 204 valence electrons. The maximum Gasteiger partial charge on any atom is 0.233 e. The zero-order valence-corrected chi connectivity index (χ0v) is 22.0. The first-order chi connectivity index (χ1) is 17.8. The number of methoxy groups -OCH3 is 1. The first-order valence-electron chi connectivity index (χ1n) is 12.9. The van der Waals surface area contributed by atoms with Crippen molar-refractivity contribution in [1.82, 2.24) is 9.80 Å². The van der Waals surface area contributed by atoms with Crippen molar-refractivity contribution in [2.24, 2.45) is 35.3 Å². The third-order valence-corrected chi connectivity index (χ3v) is 8.89. The van der Waals surface area contributed by atoms with Crippen LogP contribution >= 0.6 is 0 Å². The van der Waals surface area contributed by atoms with E-state index < -0.39 is 64.3 Å². The van der Waals surface area contributed by atoms with Gasteiger partial charge in [-0.3, -0.25) is 29.0 Å². The lowest BCUT2D eigenvalue weighted by Crippen LogP contribution is -2.73. The zero-order valence-electron chi connectivity index (χ0n) is 22.0. The van der Waals surface area contributed by atoms with Gasteiger partial charge >= 0.3 is 0 Å². The van der Waals surface area contributed by atoms with Gasteiger partial charge in [0, 0.05) is 36.7 Å². The molecule has 4 aliphatic rings. The quantitative estimate of drug-likeness (QED) is 0.378. The number of primary amides is 1. The molecular formula is C27H34N4O7. The van der Waals surface area contributed by atoms with Gasteiger partial charge in [-0.05, 0) is 44.8 Å². The Morgan fingerprint density at radius 2 is 1.95 bits per heavy atom. The maximum absolute atomic E-state index is 13.9. The summed E-state index contributed by atoms with van der Waals surface area (Å²) in [6, 6.07) is 0.444. The monoisotopic (exact) mass is 526 g/mol. The van der Waals surface area contributed by atoms with Crippen LogP contribution in [0.5, 0.6) is 11.5 Å². The summed E-state index contributed by atoms with van der Waals surface area (Å²) in [6.07, 6.45) is 0.296. The van der Waals surface area contributed by atoms with E-state index in [9.17, 15) is 29.4 Å². The minimum absolute atomic E-state index is 0.0201. The SMILES string of the molecule is COc1c(CN2CC(C)C2)cc(O)c2c1CC1CC3C(N(C)C)C(=O)C(C(N)=O)C(=N)C3(O)C(=O)C1C2=O. The van der Waals surface area contributed by atoms with E-state index in [2.05, 4.69) is 11.8 Å². The number of nitrogens with two attached hydrogens (primary N) is 1. The Balaban J connectivity index is 1.59. The molecule has 3 aliphatic carbocycles. The molecule has 1 amide bonds. The Kier molecular flexibility index (Phi) is 6.24. The molecule has 0 spiro atoms. The van der Waals surface area contributed by atoms with Crippen LogP contribution in [0.1, 0.15) is 34.8 Å². The molecule has 38 heavy (non-hydrogen) atoms. The molecule has 2 saturated carbocycles. The van der Waals surface area contributed by atoms with Crippen molar-refractivity contribution < 1.29 is 34.1 Å². The van der Waals surface area contributed by atoms with E-state index in [-0.39, 0.29) is 24.2 Å². The Labute approximate surface area is 220 Å². The number of likely N-dealkylation sites (tertiary alicyclic amines) is 1. The molecular weight excluding hydrogens is 492 g/mol. The average molecular weight is 527 g/mol.